The summed E-state index contributed by atoms with van der Waals surface area (Å²) in [6, 6.07) is 10.5. The Morgan fingerprint density at radius 1 is 1.12 bits per heavy atom. The maximum Gasteiger partial charge on any atom is 0.325 e. The van der Waals surface area contributed by atoms with E-state index in [2.05, 4.69) is 15.5 Å². The highest BCUT2D eigenvalue weighted by Gasteiger charge is 2.49. The molecule has 13 heteroatoms. The van der Waals surface area contributed by atoms with Crippen LogP contribution in [0, 0.1) is 10.1 Å². The molecule has 1 fully saturated rings. The van der Waals surface area contributed by atoms with Gasteiger partial charge in [-0.15, -0.1) is 0 Å². The summed E-state index contributed by atoms with van der Waals surface area (Å²) in [5, 5.41) is 17.2. The van der Waals surface area contributed by atoms with E-state index in [1.807, 2.05) is 0 Å². The maximum atomic E-state index is 13.1. The summed E-state index contributed by atoms with van der Waals surface area (Å²) in [6.07, 6.45) is 1.07. The fourth-order valence-corrected chi connectivity index (χ4v) is 4.01. The zero-order valence-electron chi connectivity index (χ0n) is 17.4. The Kier molecular flexibility index (Phi) is 5.20. The summed E-state index contributed by atoms with van der Waals surface area (Å²) in [5.41, 5.74) is -0.629. The van der Waals surface area contributed by atoms with E-state index in [-0.39, 0.29) is 28.8 Å². The normalized spacial score (nSPS) is 18.4. The van der Waals surface area contributed by atoms with Crippen molar-refractivity contribution in [1.82, 2.24) is 20.4 Å². The Morgan fingerprint density at radius 2 is 1.76 bits per heavy atom. The van der Waals surface area contributed by atoms with Gasteiger partial charge in [-0.05, 0) is 36.8 Å². The third-order valence-corrected chi connectivity index (χ3v) is 6.36. The molecule has 1 unspecified atom stereocenters. The molecular formula is C20H17N5O7S. The number of nitro benzene ring substituents is 1. The zero-order chi connectivity index (χ0) is 24.0. The van der Waals surface area contributed by atoms with Crippen LogP contribution in [0.25, 0.3) is 11.4 Å². The molecule has 3 amide bonds. The molecule has 4 rings (SSSR count). The Bertz CT molecular complexity index is 1370. The molecule has 1 atom stereocenters. The first-order valence-electron chi connectivity index (χ1n) is 9.51. The van der Waals surface area contributed by atoms with Crippen molar-refractivity contribution in [3.8, 4) is 11.4 Å². The van der Waals surface area contributed by atoms with Crippen LogP contribution in [0.2, 0.25) is 0 Å². The predicted octanol–water partition coefficient (Wildman–Crippen LogP) is 2.02. The maximum absolute atomic E-state index is 13.1. The molecule has 170 valence electrons. The average Bonchev–Trinajstić information content (AvgIpc) is 3.32. The molecule has 33 heavy (non-hydrogen) atoms. The summed E-state index contributed by atoms with van der Waals surface area (Å²) in [7, 11) is -3.41. The van der Waals surface area contributed by atoms with Gasteiger partial charge in [0.15, 0.2) is 9.84 Å². The predicted molar refractivity (Wildman–Crippen MR) is 112 cm³/mol. The number of hydrogen-bond donors (Lipinski definition) is 1. The number of hydrogen-bond acceptors (Lipinski definition) is 9. The van der Waals surface area contributed by atoms with Gasteiger partial charge in [-0.2, -0.15) is 4.98 Å². The molecule has 1 aromatic heterocycles. The molecule has 1 saturated heterocycles. The van der Waals surface area contributed by atoms with Crippen molar-refractivity contribution in [1.29, 1.82) is 0 Å². The van der Waals surface area contributed by atoms with Gasteiger partial charge in [0.05, 0.1) is 9.82 Å². The highest BCUT2D eigenvalue weighted by Crippen LogP contribution is 2.30. The number of amides is 3. The molecule has 2 heterocycles. The van der Waals surface area contributed by atoms with Crippen molar-refractivity contribution in [2.75, 3.05) is 6.26 Å². The van der Waals surface area contributed by atoms with Gasteiger partial charge in [0.25, 0.3) is 11.6 Å². The van der Waals surface area contributed by atoms with Gasteiger partial charge < -0.3 is 9.84 Å². The van der Waals surface area contributed by atoms with Crippen LogP contribution in [-0.4, -0.2) is 46.6 Å². The van der Waals surface area contributed by atoms with Crippen LogP contribution in [0.5, 0.6) is 0 Å². The first-order valence-corrected chi connectivity index (χ1v) is 11.4. The molecule has 3 aromatic rings. The lowest BCUT2D eigenvalue weighted by Gasteiger charge is -2.22. The van der Waals surface area contributed by atoms with E-state index in [0.717, 1.165) is 11.2 Å². The fourth-order valence-electron chi connectivity index (χ4n) is 3.38. The van der Waals surface area contributed by atoms with Gasteiger partial charge in [-0.3, -0.25) is 19.8 Å². The van der Waals surface area contributed by atoms with Gasteiger partial charge in [0.1, 0.15) is 12.1 Å². The minimum atomic E-state index is -3.41. The third kappa shape index (κ3) is 4.05. The summed E-state index contributed by atoms with van der Waals surface area (Å²) in [6.45, 7) is 1.22. The zero-order valence-corrected chi connectivity index (χ0v) is 18.2. The van der Waals surface area contributed by atoms with Crippen molar-refractivity contribution in [3.05, 3.63) is 70.1 Å². The van der Waals surface area contributed by atoms with Gasteiger partial charge >= 0.3 is 6.03 Å². The second-order valence-corrected chi connectivity index (χ2v) is 9.57. The molecule has 1 aliphatic rings. The second-order valence-electron chi connectivity index (χ2n) is 7.56. The number of urea groups is 1. The van der Waals surface area contributed by atoms with Crippen LogP contribution in [0.1, 0.15) is 18.4 Å². The van der Waals surface area contributed by atoms with E-state index in [1.165, 1.54) is 55.5 Å². The van der Waals surface area contributed by atoms with E-state index in [9.17, 15) is 28.1 Å². The lowest BCUT2D eigenvalue weighted by atomic mass is 9.92. The number of nitrogens with zero attached hydrogens (tertiary/aromatic N) is 4. The summed E-state index contributed by atoms with van der Waals surface area (Å²) >= 11 is 0. The molecular weight excluding hydrogens is 454 g/mol. The Balaban J connectivity index is 1.53. The molecule has 1 N–H and O–H groups in total. The fraction of sp³-hybridized carbons (Fsp3) is 0.200. The number of nitro groups is 1. The molecule has 0 saturated carbocycles. The summed E-state index contributed by atoms with van der Waals surface area (Å²) in [4.78, 5) is 41.0. The number of carbonyl (C=O) groups is 2. The van der Waals surface area contributed by atoms with Crippen molar-refractivity contribution in [2.24, 2.45) is 0 Å². The number of imide groups is 1. The Labute approximate surface area is 187 Å². The number of non-ortho nitro benzene ring substituents is 1. The first-order chi connectivity index (χ1) is 15.5. The lowest BCUT2D eigenvalue weighted by molar-refractivity contribution is -0.384. The minimum Gasteiger partial charge on any atom is -0.337 e. The molecule has 2 aromatic carbocycles. The van der Waals surface area contributed by atoms with E-state index < -0.39 is 32.2 Å². The number of nitrogens with one attached hydrogen (secondary N) is 1. The summed E-state index contributed by atoms with van der Waals surface area (Å²) < 4.78 is 28.5. The smallest absolute Gasteiger partial charge is 0.325 e. The average molecular weight is 471 g/mol. The van der Waals surface area contributed by atoms with Gasteiger partial charge in [-0.25, -0.2) is 13.2 Å². The van der Waals surface area contributed by atoms with Gasteiger partial charge in [-0.1, -0.05) is 17.3 Å². The van der Waals surface area contributed by atoms with Gasteiger partial charge in [0, 0.05) is 24.0 Å². The molecule has 0 bridgehead atoms. The standard InChI is InChI=1S/C20H17N5O7S/c1-20(13-5-9-15(10-6-13)33(2,30)31)18(26)24(19(27)22-20)11-16-21-17(23-32-16)12-3-7-14(8-4-12)25(28)29/h3-10H,11H2,1-2H3,(H,22,27). The van der Waals surface area contributed by atoms with E-state index in [4.69, 9.17) is 4.52 Å². The monoisotopic (exact) mass is 471 g/mol. The summed E-state index contributed by atoms with van der Waals surface area (Å²) in [5.74, 6) is -0.440. The number of sulfone groups is 1. The highest BCUT2D eigenvalue weighted by molar-refractivity contribution is 7.90. The number of benzene rings is 2. The topological polar surface area (TPSA) is 166 Å². The van der Waals surface area contributed by atoms with Crippen LogP contribution in [0.15, 0.2) is 57.9 Å². The van der Waals surface area contributed by atoms with Crippen LogP contribution in [0.4, 0.5) is 10.5 Å². The number of aromatic nitrogens is 2. The van der Waals surface area contributed by atoms with Crippen LogP contribution in [0.3, 0.4) is 0 Å². The molecule has 0 spiro atoms. The first kappa shape index (κ1) is 22.1. The largest absolute Gasteiger partial charge is 0.337 e. The highest BCUT2D eigenvalue weighted by atomic mass is 32.2. The molecule has 12 nitrogen and oxygen atoms in total. The van der Waals surface area contributed by atoms with Crippen LogP contribution < -0.4 is 5.32 Å². The van der Waals surface area contributed by atoms with Crippen molar-refractivity contribution < 1.29 is 27.5 Å². The van der Waals surface area contributed by atoms with E-state index >= 15 is 0 Å². The van der Waals surface area contributed by atoms with E-state index in [1.54, 1.807) is 0 Å². The van der Waals surface area contributed by atoms with Crippen molar-refractivity contribution in [2.45, 2.75) is 23.9 Å². The second kappa shape index (κ2) is 7.78. The van der Waals surface area contributed by atoms with Gasteiger partial charge in [0.2, 0.25) is 11.7 Å². The number of carbonyl (C=O) groups excluding carboxylic acids is 2. The quantitative estimate of drug-likeness (QED) is 0.321. The van der Waals surface area contributed by atoms with Crippen molar-refractivity contribution >= 4 is 27.5 Å². The third-order valence-electron chi connectivity index (χ3n) is 5.23. The minimum absolute atomic E-state index is 0.0106. The SMILES string of the molecule is CC1(c2ccc(S(C)(=O)=O)cc2)NC(=O)N(Cc2nc(-c3ccc([N+](=O)[O-])cc3)no2)C1=O. The molecule has 0 aliphatic carbocycles. The Morgan fingerprint density at radius 3 is 2.33 bits per heavy atom. The Hall–Kier alpha value is -4.13. The lowest BCUT2D eigenvalue weighted by Crippen LogP contribution is -2.40. The molecule has 1 aliphatic heterocycles. The van der Waals surface area contributed by atoms with Crippen molar-refractivity contribution in [3.63, 3.8) is 0 Å². The number of rotatable bonds is 6. The van der Waals surface area contributed by atoms with E-state index in [0.29, 0.717) is 11.1 Å². The van der Waals surface area contributed by atoms with Crippen LogP contribution in [-0.2, 0) is 26.7 Å². The molecule has 0 radical (unpaired) electrons. The van der Waals surface area contributed by atoms with Crippen LogP contribution >= 0.6 is 0 Å².